The number of hydrogen-bond donors (Lipinski definition) is 0. The Labute approximate surface area is 123 Å². The Morgan fingerprint density at radius 1 is 0.714 bits per heavy atom. The van der Waals surface area contributed by atoms with E-state index in [2.05, 4.69) is 15.0 Å². The summed E-state index contributed by atoms with van der Waals surface area (Å²) in [5.41, 5.74) is 1.93. The van der Waals surface area contributed by atoms with Gasteiger partial charge < -0.3 is 4.74 Å². The lowest BCUT2D eigenvalue weighted by Crippen LogP contribution is -2.03. The molecular formula is C17H15N3O. The van der Waals surface area contributed by atoms with E-state index in [4.69, 9.17) is 4.74 Å². The second kappa shape index (κ2) is 6.24. The summed E-state index contributed by atoms with van der Waals surface area (Å²) in [5, 5.41) is 0. The molecule has 0 aliphatic rings. The van der Waals surface area contributed by atoms with Gasteiger partial charge in [-0.25, -0.2) is 15.0 Å². The van der Waals surface area contributed by atoms with Crippen LogP contribution < -0.4 is 0 Å². The van der Waals surface area contributed by atoms with Crippen LogP contribution in [0.2, 0.25) is 0 Å². The molecule has 104 valence electrons. The maximum atomic E-state index is 5.16. The largest absolute Gasteiger partial charge is 0.377 e. The second-order valence-electron chi connectivity index (χ2n) is 4.56. The van der Waals surface area contributed by atoms with Gasteiger partial charge in [0.2, 0.25) is 0 Å². The van der Waals surface area contributed by atoms with Crippen molar-refractivity contribution >= 4 is 0 Å². The zero-order chi connectivity index (χ0) is 14.5. The van der Waals surface area contributed by atoms with Gasteiger partial charge in [-0.2, -0.15) is 0 Å². The number of aromatic nitrogens is 3. The molecule has 0 aliphatic carbocycles. The highest BCUT2D eigenvalue weighted by Crippen LogP contribution is 2.20. The molecule has 0 amide bonds. The summed E-state index contributed by atoms with van der Waals surface area (Å²) in [6, 6.07) is 19.8. The maximum absolute atomic E-state index is 5.16. The van der Waals surface area contributed by atoms with Gasteiger partial charge in [0.25, 0.3) is 0 Å². The molecule has 0 bridgehead atoms. The lowest BCUT2D eigenvalue weighted by atomic mass is 10.2. The van der Waals surface area contributed by atoms with Crippen LogP contribution >= 0.6 is 0 Å². The topological polar surface area (TPSA) is 47.9 Å². The lowest BCUT2D eigenvalue weighted by Gasteiger charge is -2.07. The molecule has 0 aliphatic heterocycles. The molecule has 1 heterocycles. The van der Waals surface area contributed by atoms with Gasteiger partial charge in [-0.1, -0.05) is 60.7 Å². The number of ether oxygens (including phenoxy) is 1. The molecule has 0 saturated heterocycles. The van der Waals surface area contributed by atoms with Gasteiger partial charge in [0.1, 0.15) is 6.61 Å². The van der Waals surface area contributed by atoms with Gasteiger partial charge in [0, 0.05) is 18.2 Å². The van der Waals surface area contributed by atoms with Crippen LogP contribution in [0.3, 0.4) is 0 Å². The van der Waals surface area contributed by atoms with E-state index in [0.717, 1.165) is 11.1 Å². The molecule has 4 heteroatoms. The number of rotatable bonds is 4. The van der Waals surface area contributed by atoms with Crippen LogP contribution in [0.4, 0.5) is 0 Å². The minimum absolute atomic E-state index is 0.363. The summed E-state index contributed by atoms with van der Waals surface area (Å²) in [4.78, 5) is 13.5. The van der Waals surface area contributed by atoms with Crippen molar-refractivity contribution < 1.29 is 4.74 Å². The zero-order valence-electron chi connectivity index (χ0n) is 11.7. The summed E-state index contributed by atoms with van der Waals surface area (Å²) in [7, 11) is 1.63. The second-order valence-corrected chi connectivity index (χ2v) is 4.56. The highest BCUT2D eigenvalue weighted by Gasteiger charge is 2.09. The summed E-state index contributed by atoms with van der Waals surface area (Å²) in [6.07, 6.45) is 0. The quantitative estimate of drug-likeness (QED) is 0.733. The minimum atomic E-state index is 0.363. The van der Waals surface area contributed by atoms with Crippen LogP contribution in [0, 0.1) is 0 Å². The highest BCUT2D eigenvalue weighted by molar-refractivity contribution is 5.60. The van der Waals surface area contributed by atoms with Crippen molar-refractivity contribution in [2.45, 2.75) is 6.61 Å². The van der Waals surface area contributed by atoms with E-state index >= 15 is 0 Å². The van der Waals surface area contributed by atoms with Crippen LogP contribution in [0.5, 0.6) is 0 Å². The normalized spacial score (nSPS) is 10.5. The SMILES string of the molecule is COCc1nc(-c2ccccc2)nc(-c2ccccc2)n1. The molecule has 0 unspecified atom stereocenters. The molecule has 0 saturated carbocycles. The first-order chi connectivity index (χ1) is 10.4. The molecule has 0 fully saturated rings. The summed E-state index contributed by atoms with van der Waals surface area (Å²) < 4.78 is 5.16. The molecule has 3 aromatic rings. The summed E-state index contributed by atoms with van der Waals surface area (Å²) in [5.74, 6) is 1.96. The van der Waals surface area contributed by atoms with Crippen molar-refractivity contribution in [2.24, 2.45) is 0 Å². The molecule has 21 heavy (non-hydrogen) atoms. The van der Waals surface area contributed by atoms with E-state index in [1.165, 1.54) is 0 Å². The molecule has 0 spiro atoms. The number of hydrogen-bond acceptors (Lipinski definition) is 4. The molecule has 1 aromatic heterocycles. The van der Waals surface area contributed by atoms with Crippen LogP contribution in [-0.4, -0.2) is 22.1 Å². The van der Waals surface area contributed by atoms with Crippen LogP contribution in [0.25, 0.3) is 22.8 Å². The summed E-state index contributed by atoms with van der Waals surface area (Å²) >= 11 is 0. The van der Waals surface area contributed by atoms with Gasteiger partial charge in [0.05, 0.1) is 0 Å². The number of methoxy groups -OCH3 is 1. The fourth-order valence-corrected chi connectivity index (χ4v) is 2.05. The Balaban J connectivity index is 2.11. The molecule has 0 radical (unpaired) electrons. The third-order valence-electron chi connectivity index (χ3n) is 3.02. The van der Waals surface area contributed by atoms with Crippen molar-refractivity contribution in [1.82, 2.24) is 15.0 Å². The molecule has 0 atom stereocenters. The zero-order valence-corrected chi connectivity index (χ0v) is 11.7. The minimum Gasteiger partial charge on any atom is -0.377 e. The molecule has 4 nitrogen and oxygen atoms in total. The first kappa shape index (κ1) is 13.4. The van der Waals surface area contributed by atoms with E-state index in [0.29, 0.717) is 24.1 Å². The fraction of sp³-hybridized carbons (Fsp3) is 0.118. The number of benzene rings is 2. The maximum Gasteiger partial charge on any atom is 0.163 e. The molecule has 2 aromatic carbocycles. The van der Waals surface area contributed by atoms with Crippen molar-refractivity contribution in [3.05, 3.63) is 66.5 Å². The van der Waals surface area contributed by atoms with Gasteiger partial charge >= 0.3 is 0 Å². The first-order valence-corrected chi connectivity index (χ1v) is 6.71. The predicted octanol–water partition coefficient (Wildman–Crippen LogP) is 3.35. The standard InChI is InChI=1S/C17H15N3O/c1-21-12-15-18-16(13-8-4-2-5-9-13)20-17(19-15)14-10-6-3-7-11-14/h2-11H,12H2,1H3. The highest BCUT2D eigenvalue weighted by atomic mass is 16.5. The van der Waals surface area contributed by atoms with E-state index < -0.39 is 0 Å². The Morgan fingerprint density at radius 3 is 1.62 bits per heavy atom. The average Bonchev–Trinajstić information content (AvgIpc) is 2.56. The van der Waals surface area contributed by atoms with E-state index in [1.807, 2.05) is 60.7 Å². The first-order valence-electron chi connectivity index (χ1n) is 6.71. The fourth-order valence-electron chi connectivity index (χ4n) is 2.05. The van der Waals surface area contributed by atoms with Crippen molar-refractivity contribution in [3.63, 3.8) is 0 Å². The van der Waals surface area contributed by atoms with E-state index in [9.17, 15) is 0 Å². The Bertz CT molecular complexity index is 657. The van der Waals surface area contributed by atoms with Crippen molar-refractivity contribution in [3.8, 4) is 22.8 Å². The van der Waals surface area contributed by atoms with Crippen LogP contribution in [-0.2, 0) is 11.3 Å². The smallest absolute Gasteiger partial charge is 0.163 e. The number of nitrogens with zero attached hydrogens (tertiary/aromatic N) is 3. The van der Waals surface area contributed by atoms with Gasteiger partial charge in [0.15, 0.2) is 17.5 Å². The third kappa shape index (κ3) is 3.12. The van der Waals surface area contributed by atoms with Crippen molar-refractivity contribution in [2.75, 3.05) is 7.11 Å². The van der Waals surface area contributed by atoms with Crippen molar-refractivity contribution in [1.29, 1.82) is 0 Å². The van der Waals surface area contributed by atoms with Crippen LogP contribution in [0.1, 0.15) is 5.82 Å². The van der Waals surface area contributed by atoms with Gasteiger partial charge in [-0.3, -0.25) is 0 Å². The third-order valence-corrected chi connectivity index (χ3v) is 3.02. The van der Waals surface area contributed by atoms with Crippen LogP contribution in [0.15, 0.2) is 60.7 Å². The average molecular weight is 277 g/mol. The Morgan fingerprint density at radius 2 is 1.19 bits per heavy atom. The Hall–Kier alpha value is -2.59. The van der Waals surface area contributed by atoms with E-state index in [1.54, 1.807) is 7.11 Å². The van der Waals surface area contributed by atoms with Gasteiger partial charge in [-0.15, -0.1) is 0 Å². The Kier molecular flexibility index (Phi) is 3.98. The molecular weight excluding hydrogens is 262 g/mol. The van der Waals surface area contributed by atoms with E-state index in [-0.39, 0.29) is 0 Å². The molecule has 0 N–H and O–H groups in total. The van der Waals surface area contributed by atoms with Gasteiger partial charge in [-0.05, 0) is 0 Å². The monoisotopic (exact) mass is 277 g/mol. The molecule has 3 rings (SSSR count). The summed E-state index contributed by atoms with van der Waals surface area (Å²) in [6.45, 7) is 0.363. The lowest BCUT2D eigenvalue weighted by molar-refractivity contribution is 0.177. The predicted molar refractivity (Wildman–Crippen MR) is 81.4 cm³/mol.